The van der Waals surface area contributed by atoms with Crippen LogP contribution in [0.2, 0.25) is 5.02 Å². The van der Waals surface area contributed by atoms with Crippen LogP contribution in [0, 0.1) is 0 Å². The molecule has 2 heterocycles. The Bertz CT molecular complexity index is 1020. The minimum absolute atomic E-state index is 0.0843. The summed E-state index contributed by atoms with van der Waals surface area (Å²) < 4.78 is 0. The van der Waals surface area contributed by atoms with Gasteiger partial charge in [-0.2, -0.15) is 20.1 Å². The highest BCUT2D eigenvalue weighted by Gasteiger charge is 2.16. The first-order chi connectivity index (χ1) is 14.7. The molecule has 1 aromatic heterocycles. The number of benzene rings is 2. The van der Waals surface area contributed by atoms with Gasteiger partial charge >= 0.3 is 0 Å². The van der Waals surface area contributed by atoms with Crippen LogP contribution in [0.3, 0.4) is 0 Å². The Morgan fingerprint density at radius 2 is 1.73 bits per heavy atom. The van der Waals surface area contributed by atoms with E-state index in [2.05, 4.69) is 35.7 Å². The van der Waals surface area contributed by atoms with Gasteiger partial charge in [0.15, 0.2) is 0 Å². The molecule has 0 radical (unpaired) electrons. The number of halogens is 1. The molecule has 154 valence electrons. The monoisotopic (exact) mass is 423 g/mol. The molecule has 0 amide bonds. The molecule has 3 N–H and O–H groups in total. The van der Waals surface area contributed by atoms with Gasteiger partial charge in [-0.3, -0.25) is 0 Å². The average molecular weight is 424 g/mol. The second kappa shape index (κ2) is 9.41. The number of piperidine rings is 1. The van der Waals surface area contributed by atoms with E-state index in [0.717, 1.165) is 31.6 Å². The summed E-state index contributed by atoms with van der Waals surface area (Å²) in [5.74, 6) is 1.43. The standard InChI is InChI=1S/C21H22ClN7O/c22-16-9-10-18(30)15(13-16)14-23-28-20-25-19(24-17-7-3-1-4-8-17)26-21(27-20)29-11-5-2-6-12-29/h1,3-4,7-10,13-14,30H,2,5-6,11-12H2,(H2,24,25,26,27,28)/b23-14+. The van der Waals surface area contributed by atoms with Gasteiger partial charge in [0, 0.05) is 29.4 Å². The van der Waals surface area contributed by atoms with E-state index in [-0.39, 0.29) is 5.75 Å². The molecule has 3 aromatic rings. The number of hydrazone groups is 1. The second-order valence-electron chi connectivity index (χ2n) is 6.89. The Hall–Kier alpha value is -3.39. The molecule has 0 aliphatic carbocycles. The highest BCUT2D eigenvalue weighted by Crippen LogP contribution is 2.22. The number of phenols is 1. The molecule has 1 aliphatic rings. The minimum Gasteiger partial charge on any atom is -0.507 e. The lowest BCUT2D eigenvalue weighted by molar-refractivity contribution is 0.474. The maximum atomic E-state index is 9.92. The van der Waals surface area contributed by atoms with Crippen molar-refractivity contribution in [2.75, 3.05) is 28.7 Å². The summed E-state index contributed by atoms with van der Waals surface area (Å²) in [6.45, 7) is 1.82. The normalized spacial score (nSPS) is 14.1. The molecule has 30 heavy (non-hydrogen) atoms. The number of hydrogen-bond donors (Lipinski definition) is 3. The first-order valence-corrected chi connectivity index (χ1v) is 10.2. The van der Waals surface area contributed by atoms with Crippen LogP contribution in [0.1, 0.15) is 24.8 Å². The molecule has 0 saturated carbocycles. The van der Waals surface area contributed by atoms with Crippen molar-refractivity contribution in [3.8, 4) is 5.75 Å². The molecule has 0 bridgehead atoms. The van der Waals surface area contributed by atoms with Gasteiger partial charge in [0.2, 0.25) is 17.8 Å². The number of hydrogen-bond acceptors (Lipinski definition) is 8. The minimum atomic E-state index is 0.0843. The molecular formula is C21H22ClN7O. The second-order valence-corrected chi connectivity index (χ2v) is 7.33. The third-order valence-corrected chi connectivity index (χ3v) is 4.89. The zero-order chi connectivity index (χ0) is 20.8. The van der Waals surface area contributed by atoms with Crippen molar-refractivity contribution in [2.24, 2.45) is 5.10 Å². The molecule has 9 heteroatoms. The maximum Gasteiger partial charge on any atom is 0.250 e. The van der Waals surface area contributed by atoms with Gasteiger partial charge in [-0.1, -0.05) is 29.8 Å². The van der Waals surface area contributed by atoms with Crippen molar-refractivity contribution in [3.05, 3.63) is 59.1 Å². The summed E-state index contributed by atoms with van der Waals surface area (Å²) in [5, 5.41) is 17.8. The highest BCUT2D eigenvalue weighted by atomic mass is 35.5. The van der Waals surface area contributed by atoms with Crippen LogP contribution in [-0.2, 0) is 0 Å². The van der Waals surface area contributed by atoms with E-state index in [1.807, 2.05) is 30.3 Å². The zero-order valence-electron chi connectivity index (χ0n) is 16.3. The van der Waals surface area contributed by atoms with Crippen LogP contribution in [0.25, 0.3) is 0 Å². The topological polar surface area (TPSA) is 98.6 Å². The molecular weight excluding hydrogens is 402 g/mol. The summed E-state index contributed by atoms with van der Waals surface area (Å²) in [7, 11) is 0. The molecule has 2 aromatic carbocycles. The van der Waals surface area contributed by atoms with Crippen molar-refractivity contribution in [1.82, 2.24) is 15.0 Å². The van der Waals surface area contributed by atoms with Crippen LogP contribution in [0.4, 0.5) is 23.5 Å². The van der Waals surface area contributed by atoms with Crippen molar-refractivity contribution < 1.29 is 5.11 Å². The van der Waals surface area contributed by atoms with Crippen LogP contribution < -0.4 is 15.6 Å². The lowest BCUT2D eigenvalue weighted by Crippen LogP contribution is -2.31. The summed E-state index contributed by atoms with van der Waals surface area (Å²) in [5.41, 5.74) is 4.20. The summed E-state index contributed by atoms with van der Waals surface area (Å²) in [4.78, 5) is 15.7. The largest absolute Gasteiger partial charge is 0.507 e. The molecule has 1 aliphatic heterocycles. The number of nitrogens with one attached hydrogen (secondary N) is 2. The number of phenolic OH excluding ortho intramolecular Hbond substituents is 1. The van der Waals surface area contributed by atoms with Crippen molar-refractivity contribution in [2.45, 2.75) is 19.3 Å². The third-order valence-electron chi connectivity index (χ3n) is 4.65. The van der Waals surface area contributed by atoms with Crippen LogP contribution in [-0.4, -0.2) is 39.4 Å². The number of rotatable bonds is 6. The van der Waals surface area contributed by atoms with Gasteiger partial charge in [0.25, 0.3) is 0 Å². The number of aromatic hydroxyl groups is 1. The Morgan fingerprint density at radius 3 is 2.53 bits per heavy atom. The van der Waals surface area contributed by atoms with Crippen LogP contribution in [0.5, 0.6) is 5.75 Å². The van der Waals surface area contributed by atoms with Crippen molar-refractivity contribution in [3.63, 3.8) is 0 Å². The van der Waals surface area contributed by atoms with Gasteiger partial charge in [0.05, 0.1) is 6.21 Å². The number of aromatic nitrogens is 3. The lowest BCUT2D eigenvalue weighted by Gasteiger charge is -2.26. The fraction of sp³-hybridized carbons (Fsp3) is 0.238. The van der Waals surface area contributed by atoms with E-state index in [1.165, 1.54) is 18.7 Å². The molecule has 0 unspecified atom stereocenters. The molecule has 1 saturated heterocycles. The van der Waals surface area contributed by atoms with Gasteiger partial charge in [-0.25, -0.2) is 5.43 Å². The number of para-hydroxylation sites is 1. The Balaban J connectivity index is 1.58. The Labute approximate surface area is 179 Å². The number of nitrogens with zero attached hydrogens (tertiary/aromatic N) is 5. The predicted molar refractivity (Wildman–Crippen MR) is 120 cm³/mol. The molecule has 1 fully saturated rings. The fourth-order valence-electron chi connectivity index (χ4n) is 3.14. The van der Waals surface area contributed by atoms with Gasteiger partial charge in [-0.05, 0) is 49.6 Å². The van der Waals surface area contributed by atoms with E-state index in [0.29, 0.717) is 28.4 Å². The number of anilines is 4. The Kier molecular flexibility index (Phi) is 6.24. The van der Waals surface area contributed by atoms with Crippen LogP contribution >= 0.6 is 11.6 Å². The van der Waals surface area contributed by atoms with Gasteiger partial charge in [-0.15, -0.1) is 0 Å². The summed E-state index contributed by atoms with van der Waals surface area (Å²) in [6, 6.07) is 14.5. The predicted octanol–water partition coefficient (Wildman–Crippen LogP) is 4.41. The summed E-state index contributed by atoms with van der Waals surface area (Å²) >= 11 is 5.98. The van der Waals surface area contributed by atoms with Gasteiger partial charge in [0.1, 0.15) is 5.75 Å². The van der Waals surface area contributed by atoms with E-state index >= 15 is 0 Å². The first kappa shape index (κ1) is 19.9. The highest BCUT2D eigenvalue weighted by molar-refractivity contribution is 6.30. The van der Waals surface area contributed by atoms with E-state index in [1.54, 1.807) is 12.1 Å². The van der Waals surface area contributed by atoms with Crippen LogP contribution in [0.15, 0.2) is 53.6 Å². The Morgan fingerprint density at radius 1 is 0.967 bits per heavy atom. The van der Waals surface area contributed by atoms with Gasteiger partial charge < -0.3 is 15.3 Å². The quantitative estimate of drug-likeness (QED) is 0.399. The molecule has 0 spiro atoms. The summed E-state index contributed by atoms with van der Waals surface area (Å²) in [6.07, 6.45) is 4.91. The molecule has 0 atom stereocenters. The maximum absolute atomic E-state index is 9.92. The fourth-order valence-corrected chi connectivity index (χ4v) is 3.33. The average Bonchev–Trinajstić information content (AvgIpc) is 2.77. The molecule has 8 nitrogen and oxygen atoms in total. The lowest BCUT2D eigenvalue weighted by atomic mass is 10.1. The van der Waals surface area contributed by atoms with E-state index in [9.17, 15) is 5.11 Å². The third kappa shape index (κ3) is 5.15. The van der Waals surface area contributed by atoms with Crippen molar-refractivity contribution >= 4 is 41.3 Å². The first-order valence-electron chi connectivity index (χ1n) is 9.78. The van der Waals surface area contributed by atoms with Crippen molar-refractivity contribution in [1.29, 1.82) is 0 Å². The SMILES string of the molecule is Oc1ccc(Cl)cc1/C=N/Nc1nc(Nc2ccccc2)nc(N2CCCCC2)n1. The van der Waals surface area contributed by atoms with E-state index in [4.69, 9.17) is 11.6 Å². The van der Waals surface area contributed by atoms with E-state index < -0.39 is 0 Å². The molecule has 4 rings (SSSR count). The smallest absolute Gasteiger partial charge is 0.250 e. The zero-order valence-corrected chi connectivity index (χ0v) is 17.0.